The number of carbonyl (C=O) groups excluding carboxylic acids is 1. The molecule has 0 saturated carbocycles. The highest BCUT2D eigenvalue weighted by Crippen LogP contribution is 2.24. The van der Waals surface area contributed by atoms with Gasteiger partial charge >= 0.3 is 5.69 Å². The van der Waals surface area contributed by atoms with Crippen molar-refractivity contribution in [2.24, 2.45) is 14.1 Å². The van der Waals surface area contributed by atoms with Gasteiger partial charge in [0.05, 0.1) is 12.1 Å². The Bertz CT molecular complexity index is 1380. The molecule has 8 nitrogen and oxygen atoms in total. The monoisotopic (exact) mass is 391 g/mol. The Kier molecular flexibility index (Phi) is 4.54. The Labute approximate surface area is 165 Å². The molecule has 1 aromatic carbocycles. The van der Waals surface area contributed by atoms with E-state index < -0.39 is 11.2 Å². The van der Waals surface area contributed by atoms with E-state index in [1.165, 1.54) is 11.6 Å². The van der Waals surface area contributed by atoms with Gasteiger partial charge in [-0.25, -0.2) is 9.78 Å². The molecule has 148 valence electrons. The summed E-state index contributed by atoms with van der Waals surface area (Å²) in [5, 5.41) is 4.12. The third kappa shape index (κ3) is 3.02. The Morgan fingerprint density at radius 1 is 1.14 bits per heavy atom. The van der Waals surface area contributed by atoms with E-state index in [2.05, 4.69) is 15.3 Å². The van der Waals surface area contributed by atoms with Crippen molar-refractivity contribution in [1.29, 1.82) is 0 Å². The summed E-state index contributed by atoms with van der Waals surface area (Å²) in [6.45, 7) is 1.92. The van der Waals surface area contributed by atoms with Gasteiger partial charge in [-0.15, -0.1) is 0 Å². The minimum absolute atomic E-state index is 0.156. The summed E-state index contributed by atoms with van der Waals surface area (Å²) in [5.74, 6) is -0.243. The van der Waals surface area contributed by atoms with Crippen molar-refractivity contribution in [2.75, 3.05) is 5.32 Å². The lowest BCUT2D eigenvalue weighted by atomic mass is 10.1. The van der Waals surface area contributed by atoms with Crippen molar-refractivity contribution >= 4 is 33.5 Å². The number of para-hydroxylation sites is 1. The smallest absolute Gasteiger partial charge is 0.332 e. The maximum Gasteiger partial charge on any atom is 0.332 e. The Balaban J connectivity index is 1.80. The SMILES string of the molecule is CCc1cnc2c(c1NC(=O)Cc1c[nH]c3ccccc13)c(=O)n(C)c(=O)n2C. The Morgan fingerprint density at radius 2 is 1.90 bits per heavy atom. The maximum absolute atomic E-state index is 12.9. The predicted molar refractivity (Wildman–Crippen MR) is 112 cm³/mol. The first-order valence-corrected chi connectivity index (χ1v) is 9.34. The molecule has 1 amide bonds. The summed E-state index contributed by atoms with van der Waals surface area (Å²) in [4.78, 5) is 45.4. The van der Waals surface area contributed by atoms with Crippen molar-refractivity contribution in [3.63, 3.8) is 0 Å². The van der Waals surface area contributed by atoms with Crippen molar-refractivity contribution in [2.45, 2.75) is 19.8 Å². The molecule has 2 N–H and O–H groups in total. The number of nitrogens with zero attached hydrogens (tertiary/aromatic N) is 3. The second-order valence-electron chi connectivity index (χ2n) is 7.00. The molecule has 29 heavy (non-hydrogen) atoms. The number of benzene rings is 1. The summed E-state index contributed by atoms with van der Waals surface area (Å²) in [5.41, 5.74) is 2.29. The number of hydrogen-bond acceptors (Lipinski definition) is 4. The van der Waals surface area contributed by atoms with Crippen molar-refractivity contribution in [1.82, 2.24) is 19.1 Å². The van der Waals surface area contributed by atoms with Gasteiger partial charge in [-0.2, -0.15) is 0 Å². The first-order valence-electron chi connectivity index (χ1n) is 9.34. The van der Waals surface area contributed by atoms with Crippen LogP contribution in [0, 0.1) is 0 Å². The van der Waals surface area contributed by atoms with E-state index in [1.54, 1.807) is 13.2 Å². The molecule has 0 spiro atoms. The number of aromatic amines is 1. The second kappa shape index (κ2) is 7.05. The number of aryl methyl sites for hydroxylation is 2. The van der Waals surface area contributed by atoms with Crippen molar-refractivity contribution in [3.05, 3.63) is 68.6 Å². The number of aromatic nitrogens is 4. The molecule has 0 aliphatic carbocycles. The van der Waals surface area contributed by atoms with Gasteiger partial charge in [-0.05, 0) is 23.6 Å². The fourth-order valence-corrected chi connectivity index (χ4v) is 3.61. The quantitative estimate of drug-likeness (QED) is 0.554. The van der Waals surface area contributed by atoms with Gasteiger partial charge < -0.3 is 10.3 Å². The lowest BCUT2D eigenvalue weighted by Gasteiger charge is -2.14. The zero-order valence-electron chi connectivity index (χ0n) is 16.4. The van der Waals surface area contributed by atoms with Gasteiger partial charge in [0.15, 0.2) is 5.65 Å². The number of carbonyl (C=O) groups is 1. The van der Waals surface area contributed by atoms with Gasteiger partial charge in [0.25, 0.3) is 5.56 Å². The molecule has 0 saturated heterocycles. The molecular formula is C21H21N5O3. The Hall–Kier alpha value is -3.68. The molecule has 4 aromatic rings. The number of pyridine rings is 1. The highest BCUT2D eigenvalue weighted by Gasteiger charge is 2.19. The minimum atomic E-state index is -0.478. The molecule has 4 rings (SSSR count). The fraction of sp³-hybridized carbons (Fsp3) is 0.238. The molecule has 0 aliphatic rings. The number of nitrogens with one attached hydrogen (secondary N) is 2. The van der Waals surface area contributed by atoms with Crippen LogP contribution in [0.15, 0.2) is 46.2 Å². The van der Waals surface area contributed by atoms with Crippen LogP contribution >= 0.6 is 0 Å². The fourth-order valence-electron chi connectivity index (χ4n) is 3.61. The van der Waals surface area contributed by atoms with Crippen LogP contribution in [0.2, 0.25) is 0 Å². The van der Waals surface area contributed by atoms with Crippen LogP contribution < -0.4 is 16.6 Å². The Morgan fingerprint density at radius 3 is 2.66 bits per heavy atom. The normalized spacial score (nSPS) is 11.3. The molecule has 0 bridgehead atoms. The molecule has 0 aliphatic heterocycles. The first-order chi connectivity index (χ1) is 13.9. The average Bonchev–Trinajstić information content (AvgIpc) is 3.13. The molecule has 3 aromatic heterocycles. The van der Waals surface area contributed by atoms with Crippen LogP contribution in [-0.2, 0) is 31.7 Å². The van der Waals surface area contributed by atoms with Crippen LogP contribution in [0.5, 0.6) is 0 Å². The van der Waals surface area contributed by atoms with Crippen LogP contribution in [0.1, 0.15) is 18.1 Å². The first kappa shape index (κ1) is 18.7. The molecule has 0 fully saturated rings. The van der Waals surface area contributed by atoms with E-state index in [4.69, 9.17) is 0 Å². The van der Waals surface area contributed by atoms with Crippen LogP contribution in [0.4, 0.5) is 5.69 Å². The van der Waals surface area contributed by atoms with E-state index >= 15 is 0 Å². The van der Waals surface area contributed by atoms with Gasteiger partial charge in [0, 0.05) is 37.4 Å². The van der Waals surface area contributed by atoms with Gasteiger partial charge in [0.1, 0.15) is 5.39 Å². The largest absolute Gasteiger partial charge is 0.361 e. The summed E-state index contributed by atoms with van der Waals surface area (Å²) in [6, 6.07) is 7.76. The van der Waals surface area contributed by atoms with Gasteiger partial charge in [0.2, 0.25) is 5.91 Å². The molecular weight excluding hydrogens is 370 g/mol. The van der Waals surface area contributed by atoms with Crippen molar-refractivity contribution in [3.8, 4) is 0 Å². The molecule has 3 heterocycles. The number of hydrogen-bond donors (Lipinski definition) is 2. The highest BCUT2D eigenvalue weighted by atomic mass is 16.2. The highest BCUT2D eigenvalue weighted by molar-refractivity contribution is 6.02. The standard InChI is InChI=1S/C21H21N5O3/c1-4-12-10-23-19-17(20(28)26(3)21(29)25(19)2)18(12)24-16(27)9-13-11-22-15-8-6-5-7-14(13)15/h5-8,10-11,22H,4,9H2,1-3H3,(H,23,24,27). The van der Waals surface area contributed by atoms with Gasteiger partial charge in [-0.1, -0.05) is 25.1 Å². The molecule has 0 radical (unpaired) electrons. The van der Waals surface area contributed by atoms with Gasteiger partial charge in [-0.3, -0.25) is 18.7 Å². The summed E-state index contributed by atoms with van der Waals surface area (Å²) < 4.78 is 2.34. The predicted octanol–water partition coefficient (Wildman–Crippen LogP) is 1.86. The zero-order valence-corrected chi connectivity index (χ0v) is 16.4. The molecule has 0 atom stereocenters. The second-order valence-corrected chi connectivity index (χ2v) is 7.00. The van der Waals surface area contributed by atoms with Crippen LogP contribution in [-0.4, -0.2) is 25.0 Å². The average molecular weight is 391 g/mol. The number of anilines is 1. The maximum atomic E-state index is 12.9. The van der Waals surface area contributed by atoms with E-state index in [0.29, 0.717) is 12.1 Å². The summed E-state index contributed by atoms with van der Waals surface area (Å²) in [7, 11) is 2.97. The number of H-pyrrole nitrogens is 1. The third-order valence-electron chi connectivity index (χ3n) is 5.22. The van der Waals surface area contributed by atoms with E-state index in [0.717, 1.165) is 26.6 Å². The number of rotatable bonds is 4. The third-order valence-corrected chi connectivity index (χ3v) is 5.22. The van der Waals surface area contributed by atoms with Crippen molar-refractivity contribution < 1.29 is 4.79 Å². The number of fused-ring (bicyclic) bond motifs is 2. The topological polar surface area (TPSA) is 102 Å². The van der Waals surface area contributed by atoms with E-state index in [-0.39, 0.29) is 23.4 Å². The summed E-state index contributed by atoms with van der Waals surface area (Å²) >= 11 is 0. The zero-order chi connectivity index (χ0) is 20.7. The lowest BCUT2D eigenvalue weighted by molar-refractivity contribution is -0.115. The van der Waals surface area contributed by atoms with Crippen LogP contribution in [0.25, 0.3) is 21.9 Å². The molecule has 0 unspecified atom stereocenters. The van der Waals surface area contributed by atoms with Crippen LogP contribution in [0.3, 0.4) is 0 Å². The van der Waals surface area contributed by atoms with E-state index in [9.17, 15) is 14.4 Å². The summed E-state index contributed by atoms with van der Waals surface area (Å²) in [6.07, 6.45) is 4.15. The molecule has 8 heteroatoms. The number of amides is 1. The van der Waals surface area contributed by atoms with E-state index in [1.807, 2.05) is 37.4 Å². The lowest BCUT2D eigenvalue weighted by Crippen LogP contribution is -2.38. The minimum Gasteiger partial charge on any atom is -0.361 e.